The number of urea groups is 1. The topological polar surface area (TPSA) is 100 Å². The molecule has 1 aliphatic heterocycles. The van der Waals surface area contributed by atoms with Crippen LogP contribution in [0.15, 0.2) is 29.6 Å². The van der Waals surface area contributed by atoms with Gasteiger partial charge in [0, 0.05) is 25.3 Å². The Morgan fingerprint density at radius 2 is 2.00 bits per heavy atom. The lowest BCUT2D eigenvalue weighted by molar-refractivity contribution is -0.113. The summed E-state index contributed by atoms with van der Waals surface area (Å²) < 4.78 is 0. The molecular weight excluding hydrogens is 366 g/mol. The van der Waals surface area contributed by atoms with Gasteiger partial charge in [-0.2, -0.15) is 0 Å². The van der Waals surface area contributed by atoms with Gasteiger partial charge in [-0.25, -0.2) is 9.78 Å². The Morgan fingerprint density at radius 1 is 1.33 bits per heavy atom. The van der Waals surface area contributed by atoms with Crippen LogP contribution in [0.4, 0.5) is 10.6 Å². The van der Waals surface area contributed by atoms with Crippen molar-refractivity contribution in [2.45, 2.75) is 45.2 Å². The van der Waals surface area contributed by atoms with Gasteiger partial charge in [0.25, 0.3) is 5.91 Å². The number of halogens is 1. The van der Waals surface area contributed by atoms with Crippen LogP contribution in [0.2, 0.25) is 0 Å². The molecule has 3 aliphatic rings. The van der Waals surface area contributed by atoms with Crippen LogP contribution in [0, 0.1) is 11.8 Å². The van der Waals surface area contributed by atoms with Crippen molar-refractivity contribution >= 4 is 30.2 Å². The summed E-state index contributed by atoms with van der Waals surface area (Å²) in [7, 11) is 0. The van der Waals surface area contributed by atoms with Gasteiger partial charge in [0.2, 0.25) is 0 Å². The van der Waals surface area contributed by atoms with Gasteiger partial charge in [0.05, 0.1) is 5.70 Å². The molecule has 0 radical (unpaired) electrons. The molecule has 4 N–H and O–H groups in total. The average Bonchev–Trinajstić information content (AvgIpc) is 3.50. The number of amides is 3. The Balaban J connectivity index is 0.00000210. The van der Waals surface area contributed by atoms with Crippen LogP contribution in [0.3, 0.4) is 0 Å². The molecule has 1 aromatic heterocycles. The van der Waals surface area contributed by atoms with Crippen molar-refractivity contribution in [2.75, 3.05) is 11.9 Å². The predicted octanol–water partition coefficient (Wildman–Crippen LogP) is 2.39. The Hall–Kier alpha value is -2.28. The molecule has 3 amide bonds. The van der Waals surface area contributed by atoms with Crippen LogP contribution in [-0.4, -0.2) is 34.4 Å². The molecule has 8 heteroatoms. The molecule has 2 aliphatic carbocycles. The Morgan fingerprint density at radius 3 is 2.56 bits per heavy atom. The first-order valence-corrected chi connectivity index (χ1v) is 9.32. The lowest BCUT2D eigenvalue weighted by Gasteiger charge is -2.15. The molecule has 4 rings (SSSR count). The van der Waals surface area contributed by atoms with Crippen molar-refractivity contribution in [1.29, 1.82) is 0 Å². The highest BCUT2D eigenvalue weighted by atomic mass is 35.5. The molecular formula is C19H26ClN5O2. The fourth-order valence-electron chi connectivity index (χ4n) is 3.64. The fourth-order valence-corrected chi connectivity index (χ4v) is 3.64. The summed E-state index contributed by atoms with van der Waals surface area (Å²) >= 11 is 0. The zero-order valence-electron chi connectivity index (χ0n) is 15.4. The summed E-state index contributed by atoms with van der Waals surface area (Å²) in [5, 5.41) is 5.69. The van der Waals surface area contributed by atoms with Gasteiger partial charge in [-0.05, 0) is 67.7 Å². The predicted molar refractivity (Wildman–Crippen MR) is 105 cm³/mol. The Labute approximate surface area is 165 Å². The van der Waals surface area contributed by atoms with Crippen LogP contribution < -0.4 is 16.4 Å². The maximum atomic E-state index is 12.6. The highest BCUT2D eigenvalue weighted by Crippen LogP contribution is 2.49. The van der Waals surface area contributed by atoms with Gasteiger partial charge in [-0.15, -0.1) is 12.4 Å². The van der Waals surface area contributed by atoms with E-state index in [1.54, 1.807) is 17.2 Å². The molecule has 0 spiro atoms. The summed E-state index contributed by atoms with van der Waals surface area (Å²) in [4.78, 5) is 30.4. The third-order valence-electron chi connectivity index (χ3n) is 5.18. The maximum Gasteiger partial charge on any atom is 0.318 e. The highest BCUT2D eigenvalue weighted by molar-refractivity contribution is 6.03. The maximum absolute atomic E-state index is 12.6. The molecule has 2 heterocycles. The van der Waals surface area contributed by atoms with E-state index in [-0.39, 0.29) is 30.4 Å². The normalized spacial score (nSPS) is 21.3. The lowest BCUT2D eigenvalue weighted by atomic mass is 10.0. The molecule has 27 heavy (non-hydrogen) atoms. The second-order valence-corrected chi connectivity index (χ2v) is 7.65. The Bertz CT molecular complexity index is 759. The zero-order valence-corrected chi connectivity index (χ0v) is 16.2. The summed E-state index contributed by atoms with van der Waals surface area (Å²) in [5.41, 5.74) is 8.62. The SMILES string of the molecule is C[C@@H]1CN(Cc2ccnc(NC(=O)C(N)=C(C3CC3)C3CC3)c2)C(=O)N1.Cl. The molecule has 146 valence electrons. The molecule has 0 unspecified atom stereocenters. The van der Waals surface area contributed by atoms with E-state index >= 15 is 0 Å². The van der Waals surface area contributed by atoms with Crippen molar-refractivity contribution in [3.63, 3.8) is 0 Å². The van der Waals surface area contributed by atoms with E-state index in [0.29, 0.717) is 36.4 Å². The highest BCUT2D eigenvalue weighted by Gasteiger charge is 2.39. The van der Waals surface area contributed by atoms with Gasteiger partial charge >= 0.3 is 6.03 Å². The van der Waals surface area contributed by atoms with E-state index in [0.717, 1.165) is 36.8 Å². The number of nitrogens with one attached hydrogen (secondary N) is 2. The lowest BCUT2D eigenvalue weighted by Crippen LogP contribution is -2.28. The second kappa shape index (κ2) is 7.76. The fraction of sp³-hybridized carbons (Fsp3) is 0.526. The number of allylic oxidation sites excluding steroid dienone is 1. The third kappa shape index (κ3) is 4.53. The smallest absolute Gasteiger partial charge is 0.318 e. The van der Waals surface area contributed by atoms with Crippen LogP contribution in [0.25, 0.3) is 0 Å². The number of aromatic nitrogens is 1. The monoisotopic (exact) mass is 391 g/mol. The van der Waals surface area contributed by atoms with Crippen LogP contribution in [0.1, 0.15) is 38.2 Å². The molecule has 7 nitrogen and oxygen atoms in total. The summed E-state index contributed by atoms with van der Waals surface area (Å²) in [6.45, 7) is 3.13. The van der Waals surface area contributed by atoms with E-state index in [1.807, 2.05) is 13.0 Å². The van der Waals surface area contributed by atoms with Gasteiger partial charge < -0.3 is 21.3 Å². The minimum atomic E-state index is -0.268. The largest absolute Gasteiger partial charge is 0.394 e. The number of anilines is 1. The quantitative estimate of drug-likeness (QED) is 0.648. The number of nitrogens with two attached hydrogens (primary N) is 1. The van der Waals surface area contributed by atoms with Gasteiger partial charge in [0.1, 0.15) is 5.82 Å². The van der Waals surface area contributed by atoms with E-state index in [2.05, 4.69) is 15.6 Å². The zero-order chi connectivity index (χ0) is 18.3. The molecule has 1 aromatic rings. The molecule has 1 saturated heterocycles. The van der Waals surface area contributed by atoms with Crippen LogP contribution in [0.5, 0.6) is 0 Å². The van der Waals surface area contributed by atoms with Crippen molar-refractivity contribution < 1.29 is 9.59 Å². The number of hydrogen-bond donors (Lipinski definition) is 3. The van der Waals surface area contributed by atoms with Crippen molar-refractivity contribution in [3.8, 4) is 0 Å². The molecule has 3 fully saturated rings. The third-order valence-corrected chi connectivity index (χ3v) is 5.18. The van der Waals surface area contributed by atoms with Crippen LogP contribution >= 0.6 is 12.4 Å². The number of nitrogens with zero attached hydrogens (tertiary/aromatic N) is 2. The summed E-state index contributed by atoms with van der Waals surface area (Å²) in [6, 6.07) is 3.74. The van der Waals surface area contributed by atoms with E-state index in [9.17, 15) is 9.59 Å². The molecule has 0 aromatic carbocycles. The summed E-state index contributed by atoms with van der Waals surface area (Å²) in [6.07, 6.45) is 6.21. The van der Waals surface area contributed by atoms with Crippen LogP contribution in [-0.2, 0) is 11.3 Å². The second-order valence-electron chi connectivity index (χ2n) is 7.65. The number of hydrogen-bond acceptors (Lipinski definition) is 4. The standard InChI is InChI=1S/C19H25N5O2.ClH/c1-11-9-24(19(26)22-11)10-12-6-7-21-15(8-12)23-18(25)17(20)16(13-2-3-13)14-4-5-14;/h6-8,11,13-14H,2-5,9-10,20H2,1H3,(H,22,26)(H,21,23,25);1H/t11-;/m1./s1. The minimum absolute atomic E-state index is 0. The van der Waals surface area contributed by atoms with E-state index in [4.69, 9.17) is 5.73 Å². The Kier molecular flexibility index (Phi) is 5.60. The van der Waals surface area contributed by atoms with Crippen molar-refractivity contribution in [1.82, 2.24) is 15.2 Å². The van der Waals surface area contributed by atoms with Crippen molar-refractivity contribution in [2.24, 2.45) is 17.6 Å². The molecule has 2 saturated carbocycles. The first-order chi connectivity index (χ1) is 12.5. The van der Waals surface area contributed by atoms with Gasteiger partial charge in [0.15, 0.2) is 0 Å². The van der Waals surface area contributed by atoms with E-state index < -0.39 is 0 Å². The van der Waals surface area contributed by atoms with Crippen molar-refractivity contribution in [3.05, 3.63) is 35.2 Å². The minimum Gasteiger partial charge on any atom is -0.394 e. The number of pyridine rings is 1. The number of rotatable bonds is 6. The first-order valence-electron chi connectivity index (χ1n) is 9.32. The average molecular weight is 392 g/mol. The molecule has 0 bridgehead atoms. The van der Waals surface area contributed by atoms with Gasteiger partial charge in [-0.1, -0.05) is 0 Å². The van der Waals surface area contributed by atoms with E-state index in [1.165, 1.54) is 0 Å². The first kappa shape index (κ1) is 19.5. The molecule has 1 atom stereocenters. The van der Waals surface area contributed by atoms with Gasteiger partial charge in [-0.3, -0.25) is 4.79 Å². The number of carbonyl (C=O) groups excluding carboxylic acids is 2. The summed E-state index contributed by atoms with van der Waals surface area (Å²) in [5.74, 6) is 1.21. The number of carbonyl (C=O) groups is 2.